The summed E-state index contributed by atoms with van der Waals surface area (Å²) in [5.74, 6) is 0.623. The number of hydrogen-bond donors (Lipinski definition) is 2. The third-order valence-corrected chi connectivity index (χ3v) is 7.40. The number of methoxy groups -OCH3 is 1. The van der Waals surface area contributed by atoms with E-state index in [4.69, 9.17) is 9.47 Å². The van der Waals surface area contributed by atoms with Crippen LogP contribution in [0.25, 0.3) is 0 Å². The van der Waals surface area contributed by atoms with Gasteiger partial charge in [0.1, 0.15) is 17.1 Å². The molecule has 0 saturated heterocycles. The second kappa shape index (κ2) is 9.50. The predicted molar refractivity (Wildman–Crippen MR) is 124 cm³/mol. The maximum atomic E-state index is 13.4. The highest BCUT2D eigenvalue weighted by Crippen LogP contribution is 2.43. The molecule has 2 aromatic rings. The van der Waals surface area contributed by atoms with E-state index in [1.165, 1.54) is 25.3 Å². The fraction of sp³-hybridized carbons (Fsp3) is 0.458. The van der Waals surface area contributed by atoms with Crippen LogP contribution in [-0.2, 0) is 10.0 Å². The molecule has 0 bridgehead atoms. The molecular weight excluding hydrogens is 428 g/mol. The van der Waals surface area contributed by atoms with Crippen molar-refractivity contribution in [2.45, 2.75) is 69.5 Å². The Kier molecular flexibility index (Phi) is 7.15. The molecule has 2 aromatic carbocycles. The van der Waals surface area contributed by atoms with Gasteiger partial charge in [-0.1, -0.05) is 32.0 Å². The van der Waals surface area contributed by atoms with Gasteiger partial charge in [0.25, 0.3) is 5.91 Å². The molecule has 0 aromatic heterocycles. The average molecular weight is 461 g/mol. The number of amides is 1. The molecule has 0 fully saturated rings. The van der Waals surface area contributed by atoms with Gasteiger partial charge >= 0.3 is 0 Å². The Morgan fingerprint density at radius 2 is 1.88 bits per heavy atom. The Labute approximate surface area is 190 Å². The first-order valence-electron chi connectivity index (χ1n) is 10.9. The van der Waals surface area contributed by atoms with E-state index in [-0.39, 0.29) is 22.4 Å². The maximum absolute atomic E-state index is 13.4. The minimum atomic E-state index is -3.92. The van der Waals surface area contributed by atoms with Gasteiger partial charge in [0, 0.05) is 18.0 Å². The van der Waals surface area contributed by atoms with Crippen molar-refractivity contribution in [2.75, 3.05) is 7.11 Å². The zero-order valence-corrected chi connectivity index (χ0v) is 20.1. The van der Waals surface area contributed by atoms with E-state index >= 15 is 0 Å². The summed E-state index contributed by atoms with van der Waals surface area (Å²) in [7, 11) is -2.47. The summed E-state index contributed by atoms with van der Waals surface area (Å²) in [4.78, 5) is 12.6. The lowest BCUT2D eigenvalue weighted by atomic mass is 9.84. The highest BCUT2D eigenvalue weighted by Gasteiger charge is 2.40. The molecule has 0 spiro atoms. The summed E-state index contributed by atoms with van der Waals surface area (Å²) in [5, 5.41) is 2.78. The quantitative estimate of drug-likeness (QED) is 0.616. The average Bonchev–Trinajstić information content (AvgIpc) is 2.77. The summed E-state index contributed by atoms with van der Waals surface area (Å²) >= 11 is 0. The third-order valence-electron chi connectivity index (χ3n) is 5.93. The largest absolute Gasteiger partial charge is 0.496 e. The molecule has 174 valence electrons. The number of carbonyl (C=O) groups is 1. The number of benzene rings is 2. The SMILES string of the molecule is CCC1(CC)C[C@H](NS(=O)(=O)c2ccc(OC)c(C(=O)NC(C)C)c2)c2ccccc2O1. The monoisotopic (exact) mass is 460 g/mol. The molecule has 1 aliphatic heterocycles. The van der Waals surface area contributed by atoms with Crippen LogP contribution >= 0.6 is 0 Å². The molecule has 0 aliphatic carbocycles. The Hall–Kier alpha value is -2.58. The lowest BCUT2D eigenvalue weighted by Crippen LogP contribution is -2.44. The van der Waals surface area contributed by atoms with Gasteiger partial charge in [0.15, 0.2) is 0 Å². The zero-order chi connectivity index (χ0) is 23.5. The second-order valence-electron chi connectivity index (χ2n) is 8.40. The number of nitrogens with one attached hydrogen (secondary N) is 2. The molecule has 32 heavy (non-hydrogen) atoms. The van der Waals surface area contributed by atoms with Gasteiger partial charge in [0.05, 0.1) is 23.6 Å². The number of para-hydroxylation sites is 1. The van der Waals surface area contributed by atoms with E-state index in [1.807, 2.05) is 52.0 Å². The molecule has 7 nitrogen and oxygen atoms in total. The standard InChI is InChI=1S/C24H32N2O5S/c1-6-24(7-2)15-20(18-10-8-9-11-22(18)31-24)26-32(28,29)17-12-13-21(30-5)19(14-17)23(27)25-16(3)4/h8-14,16,20,26H,6-7,15H2,1-5H3,(H,25,27)/t20-/m0/s1. The zero-order valence-electron chi connectivity index (χ0n) is 19.3. The molecule has 1 atom stereocenters. The van der Waals surface area contributed by atoms with Crippen LogP contribution in [0, 0.1) is 0 Å². The number of ether oxygens (including phenoxy) is 2. The van der Waals surface area contributed by atoms with Gasteiger partial charge < -0.3 is 14.8 Å². The van der Waals surface area contributed by atoms with Gasteiger partial charge in [-0.2, -0.15) is 0 Å². The van der Waals surface area contributed by atoms with E-state index in [0.29, 0.717) is 17.9 Å². The molecule has 1 aliphatic rings. The van der Waals surface area contributed by atoms with Crippen LogP contribution in [0.5, 0.6) is 11.5 Å². The number of carbonyl (C=O) groups excluding carboxylic acids is 1. The van der Waals surface area contributed by atoms with Gasteiger partial charge in [-0.3, -0.25) is 4.79 Å². The molecule has 1 heterocycles. The van der Waals surface area contributed by atoms with Crippen molar-refractivity contribution in [2.24, 2.45) is 0 Å². The minimum absolute atomic E-state index is 0.00905. The molecule has 2 N–H and O–H groups in total. The Bertz CT molecular complexity index is 1080. The van der Waals surface area contributed by atoms with Crippen molar-refractivity contribution in [1.82, 2.24) is 10.0 Å². The fourth-order valence-corrected chi connectivity index (χ4v) is 5.27. The number of sulfonamides is 1. The second-order valence-corrected chi connectivity index (χ2v) is 10.1. The van der Waals surface area contributed by atoms with E-state index in [1.54, 1.807) is 0 Å². The number of hydrogen-bond acceptors (Lipinski definition) is 5. The van der Waals surface area contributed by atoms with Crippen molar-refractivity contribution >= 4 is 15.9 Å². The van der Waals surface area contributed by atoms with Gasteiger partial charge in [0.2, 0.25) is 10.0 Å². The summed E-state index contributed by atoms with van der Waals surface area (Å²) < 4.78 is 41.2. The van der Waals surface area contributed by atoms with Crippen molar-refractivity contribution < 1.29 is 22.7 Å². The smallest absolute Gasteiger partial charge is 0.255 e. The molecule has 8 heteroatoms. The Morgan fingerprint density at radius 1 is 1.19 bits per heavy atom. The summed E-state index contributed by atoms with van der Waals surface area (Å²) in [6.07, 6.45) is 2.04. The topological polar surface area (TPSA) is 93.7 Å². The van der Waals surface area contributed by atoms with Gasteiger partial charge in [-0.15, -0.1) is 0 Å². The maximum Gasteiger partial charge on any atom is 0.255 e. The van der Waals surface area contributed by atoms with E-state index in [2.05, 4.69) is 10.0 Å². The molecule has 3 rings (SSSR count). The summed E-state index contributed by atoms with van der Waals surface area (Å²) in [6.45, 7) is 7.77. The van der Waals surface area contributed by atoms with Crippen LogP contribution in [0.3, 0.4) is 0 Å². The molecule has 0 unspecified atom stereocenters. The van der Waals surface area contributed by atoms with Crippen LogP contribution in [0.1, 0.15) is 68.9 Å². The van der Waals surface area contributed by atoms with Gasteiger partial charge in [-0.05, 0) is 51.0 Å². The molecule has 0 radical (unpaired) electrons. The van der Waals surface area contributed by atoms with Crippen LogP contribution in [0.4, 0.5) is 0 Å². The normalized spacial score (nSPS) is 17.4. The van der Waals surface area contributed by atoms with Crippen LogP contribution in [-0.4, -0.2) is 33.1 Å². The van der Waals surface area contributed by atoms with Crippen molar-refractivity contribution in [3.8, 4) is 11.5 Å². The highest BCUT2D eigenvalue weighted by atomic mass is 32.2. The fourth-order valence-electron chi connectivity index (χ4n) is 4.03. The lowest BCUT2D eigenvalue weighted by molar-refractivity contribution is 0.0260. The van der Waals surface area contributed by atoms with Gasteiger partial charge in [-0.25, -0.2) is 13.1 Å². The van der Waals surface area contributed by atoms with E-state index in [9.17, 15) is 13.2 Å². The number of rotatable bonds is 8. The van der Waals surface area contributed by atoms with Crippen LogP contribution in [0.15, 0.2) is 47.4 Å². The first-order valence-corrected chi connectivity index (χ1v) is 12.4. The van der Waals surface area contributed by atoms with Crippen LogP contribution < -0.4 is 19.5 Å². The minimum Gasteiger partial charge on any atom is -0.496 e. The molecule has 0 saturated carbocycles. The first-order chi connectivity index (χ1) is 15.1. The highest BCUT2D eigenvalue weighted by molar-refractivity contribution is 7.89. The van der Waals surface area contributed by atoms with Crippen molar-refractivity contribution in [3.63, 3.8) is 0 Å². The van der Waals surface area contributed by atoms with Crippen LogP contribution in [0.2, 0.25) is 0 Å². The van der Waals surface area contributed by atoms with E-state index in [0.717, 1.165) is 18.4 Å². The summed E-state index contributed by atoms with van der Waals surface area (Å²) in [6, 6.07) is 11.3. The first kappa shape index (κ1) is 24.1. The predicted octanol–water partition coefficient (Wildman–Crippen LogP) is 4.19. The third kappa shape index (κ3) is 4.91. The van der Waals surface area contributed by atoms with E-state index < -0.39 is 21.7 Å². The van der Waals surface area contributed by atoms with Crippen molar-refractivity contribution in [1.29, 1.82) is 0 Å². The molecule has 1 amide bonds. The summed E-state index contributed by atoms with van der Waals surface area (Å²) in [5.41, 5.74) is 0.539. The Balaban J connectivity index is 1.98. The van der Waals surface area contributed by atoms with Crippen molar-refractivity contribution in [3.05, 3.63) is 53.6 Å². The molecular formula is C24H32N2O5S. The number of fused-ring (bicyclic) bond motifs is 1. The Morgan fingerprint density at radius 3 is 2.50 bits per heavy atom. The lowest BCUT2D eigenvalue weighted by Gasteiger charge is -2.41.